The van der Waals surface area contributed by atoms with Gasteiger partial charge in [0.05, 0.1) is 5.41 Å². The topological polar surface area (TPSA) is 56.5 Å². The Bertz CT molecular complexity index is 1170. The van der Waals surface area contributed by atoms with Crippen molar-refractivity contribution >= 4 is 23.0 Å². The van der Waals surface area contributed by atoms with E-state index in [1.807, 2.05) is 47.9 Å². The van der Waals surface area contributed by atoms with Crippen LogP contribution in [0.1, 0.15) is 51.4 Å². The molecule has 0 saturated heterocycles. The third-order valence-corrected chi connectivity index (χ3v) is 8.28. The summed E-state index contributed by atoms with van der Waals surface area (Å²) in [5.41, 5.74) is 0.697. The molecule has 5 rings (SSSR count). The molecule has 2 saturated carbocycles. The van der Waals surface area contributed by atoms with Crippen LogP contribution in [0, 0.1) is 17.8 Å². The van der Waals surface area contributed by atoms with E-state index in [-0.39, 0.29) is 16.6 Å². The van der Waals surface area contributed by atoms with Crippen molar-refractivity contribution in [1.82, 2.24) is 14.6 Å². The molecule has 2 aliphatic carbocycles. The summed E-state index contributed by atoms with van der Waals surface area (Å²) in [6.07, 6.45) is 4.37. The number of benzene rings is 1. The van der Waals surface area contributed by atoms with Gasteiger partial charge >= 0.3 is 0 Å². The molecule has 2 bridgehead atoms. The van der Waals surface area contributed by atoms with E-state index in [4.69, 9.17) is 16.3 Å². The van der Waals surface area contributed by atoms with Gasteiger partial charge in [-0.1, -0.05) is 38.4 Å². The highest BCUT2D eigenvalue weighted by atomic mass is 35.5. The monoisotopic (exact) mass is 409 g/mol. The molecule has 5 nitrogen and oxygen atoms in total. The van der Waals surface area contributed by atoms with Crippen LogP contribution in [-0.4, -0.2) is 20.4 Å². The van der Waals surface area contributed by atoms with Gasteiger partial charge < -0.3 is 4.74 Å². The zero-order valence-electron chi connectivity index (χ0n) is 17.1. The number of rotatable bonds is 3. The second kappa shape index (κ2) is 5.82. The lowest BCUT2D eigenvalue weighted by molar-refractivity contribution is -0.125. The summed E-state index contributed by atoms with van der Waals surface area (Å²) in [7, 11) is 0. The summed E-state index contributed by atoms with van der Waals surface area (Å²) >= 11 is 6.24. The third kappa shape index (κ3) is 2.19. The number of carbonyl (C=O) groups excluding carboxylic acids is 1. The summed E-state index contributed by atoms with van der Waals surface area (Å²) in [6.45, 7) is 8.58. The lowest BCUT2D eigenvalue weighted by Gasteiger charge is -2.38. The van der Waals surface area contributed by atoms with Crippen LogP contribution in [-0.2, 0) is 10.2 Å². The number of Topliss-reactive ketones (excluding diaryl/α,β-unsaturated/α-hetero) is 1. The van der Waals surface area contributed by atoms with E-state index < -0.39 is 5.41 Å². The maximum absolute atomic E-state index is 13.3. The zero-order chi connectivity index (χ0) is 20.6. The molecule has 0 radical (unpaired) electrons. The van der Waals surface area contributed by atoms with E-state index in [0.717, 1.165) is 24.2 Å². The minimum absolute atomic E-state index is 0.00191. The van der Waals surface area contributed by atoms with Crippen molar-refractivity contribution in [3.63, 3.8) is 0 Å². The van der Waals surface area contributed by atoms with Gasteiger partial charge in [0, 0.05) is 23.2 Å². The van der Waals surface area contributed by atoms with Crippen LogP contribution in [0.4, 0.5) is 0 Å². The number of fused-ring (bicyclic) bond motifs is 3. The quantitative estimate of drug-likeness (QED) is 0.571. The van der Waals surface area contributed by atoms with Gasteiger partial charge in [0.2, 0.25) is 5.65 Å². The fourth-order valence-electron chi connectivity index (χ4n) is 5.50. The lowest BCUT2D eigenvalue weighted by Crippen LogP contribution is -2.43. The largest absolute Gasteiger partial charge is 0.453 e. The van der Waals surface area contributed by atoms with Crippen LogP contribution in [0.25, 0.3) is 5.65 Å². The Morgan fingerprint density at radius 1 is 1.07 bits per heavy atom. The van der Waals surface area contributed by atoms with Gasteiger partial charge in [-0.25, -0.2) is 0 Å². The molecule has 0 spiro atoms. The Morgan fingerprint density at radius 2 is 1.83 bits per heavy atom. The summed E-state index contributed by atoms with van der Waals surface area (Å²) in [5.74, 6) is 2.29. The second-order valence-electron chi connectivity index (χ2n) is 9.25. The number of nitrogens with zero attached hydrogens (tertiary/aromatic N) is 3. The van der Waals surface area contributed by atoms with Gasteiger partial charge in [-0.2, -0.15) is 0 Å². The fourth-order valence-corrected chi connectivity index (χ4v) is 5.67. The first-order valence-corrected chi connectivity index (χ1v) is 10.4. The highest BCUT2D eigenvalue weighted by molar-refractivity contribution is 6.31. The van der Waals surface area contributed by atoms with Crippen LogP contribution in [0.3, 0.4) is 0 Å². The normalized spacial score (nSPS) is 27.7. The van der Waals surface area contributed by atoms with Crippen molar-refractivity contribution in [3.8, 4) is 11.5 Å². The Hall–Kier alpha value is -2.40. The van der Waals surface area contributed by atoms with Crippen LogP contribution in [0.5, 0.6) is 11.5 Å². The van der Waals surface area contributed by atoms with Crippen LogP contribution in [0.15, 0.2) is 36.5 Å². The molecule has 150 valence electrons. The first kappa shape index (κ1) is 18.6. The highest BCUT2D eigenvalue weighted by Gasteiger charge is 2.72. The molecule has 3 aromatic rings. The number of ether oxygens (including phenoxy) is 1. The number of hydrogen-bond acceptors (Lipinski definition) is 4. The standard InChI is InChI=1S/C23H24ClN3O2/c1-14-15(24)7-5-8-16(14)29-17-9-6-12-27-19(17)25-26-20(27)23-11-10-22(4,13-18(23)28)21(23,2)3/h5-9,12H,10-11,13H2,1-4H3/t22-,23+/m1/s1. The molecule has 1 aromatic carbocycles. The number of carbonyl (C=O) groups is 1. The lowest BCUT2D eigenvalue weighted by atomic mass is 9.64. The summed E-state index contributed by atoms with van der Waals surface area (Å²) in [5, 5.41) is 9.65. The van der Waals surface area contributed by atoms with Crippen LogP contribution >= 0.6 is 11.6 Å². The summed E-state index contributed by atoms with van der Waals surface area (Å²) in [6, 6.07) is 9.35. The van der Waals surface area contributed by atoms with E-state index in [2.05, 4.69) is 31.0 Å². The average molecular weight is 410 g/mol. The van der Waals surface area contributed by atoms with Crippen molar-refractivity contribution < 1.29 is 9.53 Å². The van der Waals surface area contributed by atoms with Crippen molar-refractivity contribution in [2.75, 3.05) is 0 Å². The molecule has 2 aromatic heterocycles. The number of halogens is 1. The second-order valence-corrected chi connectivity index (χ2v) is 9.65. The molecule has 2 fully saturated rings. The molecule has 2 atom stereocenters. The van der Waals surface area contributed by atoms with E-state index in [9.17, 15) is 4.79 Å². The first-order chi connectivity index (χ1) is 13.7. The molecule has 2 heterocycles. The Morgan fingerprint density at radius 3 is 2.52 bits per heavy atom. The molecular weight excluding hydrogens is 386 g/mol. The average Bonchev–Trinajstić information content (AvgIpc) is 3.23. The van der Waals surface area contributed by atoms with Gasteiger partial charge in [0.1, 0.15) is 11.5 Å². The zero-order valence-corrected chi connectivity index (χ0v) is 17.9. The van der Waals surface area contributed by atoms with Gasteiger partial charge in [0.25, 0.3) is 0 Å². The van der Waals surface area contributed by atoms with Crippen molar-refractivity contribution in [2.45, 2.75) is 52.4 Å². The number of pyridine rings is 1. The molecule has 0 aliphatic heterocycles. The van der Waals surface area contributed by atoms with Crippen molar-refractivity contribution in [3.05, 3.63) is 52.9 Å². The smallest absolute Gasteiger partial charge is 0.203 e. The maximum atomic E-state index is 13.3. The summed E-state index contributed by atoms with van der Waals surface area (Å²) < 4.78 is 8.10. The molecule has 29 heavy (non-hydrogen) atoms. The predicted molar refractivity (Wildman–Crippen MR) is 112 cm³/mol. The SMILES string of the molecule is Cc1c(Cl)cccc1Oc1cccn2c([C@]34CC[C@](C)(CC3=O)C4(C)C)nnc12. The molecule has 6 heteroatoms. The summed E-state index contributed by atoms with van der Waals surface area (Å²) in [4.78, 5) is 13.3. The van der Waals surface area contributed by atoms with Gasteiger partial charge in [-0.3, -0.25) is 9.20 Å². The van der Waals surface area contributed by atoms with E-state index in [0.29, 0.717) is 28.6 Å². The third-order valence-electron chi connectivity index (χ3n) is 7.87. The number of ketones is 1. The van der Waals surface area contributed by atoms with Gasteiger partial charge in [-0.05, 0) is 54.9 Å². The van der Waals surface area contributed by atoms with E-state index in [1.165, 1.54) is 0 Å². The number of aromatic nitrogens is 3. The maximum Gasteiger partial charge on any atom is 0.203 e. The Kier molecular flexibility index (Phi) is 3.74. The van der Waals surface area contributed by atoms with E-state index in [1.54, 1.807) is 0 Å². The van der Waals surface area contributed by atoms with E-state index >= 15 is 0 Å². The van der Waals surface area contributed by atoms with Crippen LogP contribution < -0.4 is 4.74 Å². The van der Waals surface area contributed by atoms with Crippen molar-refractivity contribution in [2.24, 2.45) is 10.8 Å². The van der Waals surface area contributed by atoms with Crippen LogP contribution in [0.2, 0.25) is 5.02 Å². The Labute approximate surface area is 175 Å². The molecule has 0 N–H and O–H groups in total. The molecule has 0 amide bonds. The van der Waals surface area contributed by atoms with Gasteiger partial charge in [0.15, 0.2) is 11.6 Å². The van der Waals surface area contributed by atoms with Crippen molar-refractivity contribution in [1.29, 1.82) is 0 Å². The molecular formula is C23H24ClN3O2. The minimum atomic E-state index is -0.605. The highest BCUT2D eigenvalue weighted by Crippen LogP contribution is 2.70. The first-order valence-electron chi connectivity index (χ1n) is 10.0. The molecule has 2 aliphatic rings. The Balaban J connectivity index is 1.65. The predicted octanol–water partition coefficient (Wildman–Crippen LogP) is 5.52. The van der Waals surface area contributed by atoms with Gasteiger partial charge in [-0.15, -0.1) is 10.2 Å². The fraction of sp³-hybridized carbons (Fsp3) is 0.435. The molecule has 0 unspecified atom stereocenters. The number of hydrogen-bond donors (Lipinski definition) is 0. The minimum Gasteiger partial charge on any atom is -0.453 e.